The summed E-state index contributed by atoms with van der Waals surface area (Å²) >= 11 is 0. The Balaban J connectivity index is 2.41. The molecule has 0 aromatic heterocycles. The van der Waals surface area contributed by atoms with Crippen molar-refractivity contribution in [3.05, 3.63) is 23.8 Å². The Labute approximate surface area is 71.3 Å². The summed E-state index contributed by atoms with van der Waals surface area (Å²) in [5.41, 5.74) is 0.592. The zero-order chi connectivity index (χ0) is 8.81. The van der Waals surface area contributed by atoms with Crippen LogP contribution in [-0.2, 0) is 9.53 Å². The average molecular weight is 168 g/mol. The number of aliphatic hydroxyl groups excluding tert-OH is 1. The van der Waals surface area contributed by atoms with Gasteiger partial charge < -0.3 is 9.84 Å². The van der Waals surface area contributed by atoms with Crippen molar-refractivity contribution < 1.29 is 14.6 Å². The second kappa shape index (κ2) is 4.72. The molecule has 1 aliphatic rings. The van der Waals surface area contributed by atoms with E-state index in [-0.39, 0.29) is 19.2 Å². The van der Waals surface area contributed by atoms with E-state index in [2.05, 4.69) is 0 Å². The first kappa shape index (κ1) is 9.00. The highest BCUT2D eigenvalue weighted by atomic mass is 16.5. The Morgan fingerprint density at radius 2 is 2.42 bits per heavy atom. The molecule has 66 valence electrons. The number of rotatable bonds is 3. The molecule has 0 aromatic rings. The maximum Gasteiger partial charge on any atom is 0.337 e. The highest BCUT2D eigenvalue weighted by molar-refractivity contribution is 5.91. The molecule has 0 aliphatic heterocycles. The van der Waals surface area contributed by atoms with Crippen molar-refractivity contribution in [3.63, 3.8) is 0 Å². The molecular formula is C9H12O3. The Morgan fingerprint density at radius 1 is 1.58 bits per heavy atom. The van der Waals surface area contributed by atoms with E-state index >= 15 is 0 Å². The number of carbonyl (C=O) groups excluding carboxylic acids is 1. The molecule has 0 fully saturated rings. The van der Waals surface area contributed by atoms with Gasteiger partial charge in [0.05, 0.1) is 12.2 Å². The minimum Gasteiger partial charge on any atom is -0.460 e. The van der Waals surface area contributed by atoms with Gasteiger partial charge in [0.2, 0.25) is 0 Å². The van der Waals surface area contributed by atoms with Crippen molar-refractivity contribution in [2.45, 2.75) is 12.8 Å². The smallest absolute Gasteiger partial charge is 0.337 e. The predicted octanol–water partition coefficient (Wildman–Crippen LogP) is 0.798. The number of ether oxygens (including phenoxy) is 1. The maximum absolute atomic E-state index is 11.1. The largest absolute Gasteiger partial charge is 0.460 e. The van der Waals surface area contributed by atoms with E-state index in [4.69, 9.17) is 9.84 Å². The lowest BCUT2D eigenvalue weighted by molar-refractivity contribution is -0.139. The second-order valence-electron chi connectivity index (χ2n) is 2.50. The molecule has 0 spiro atoms. The molecule has 3 heteroatoms. The number of aliphatic hydroxyl groups is 1. The molecule has 0 saturated heterocycles. The standard InChI is InChI=1S/C9H12O3/c10-6-7-12-9(11)8-4-2-1-3-5-8/h2,4-5,10H,1,3,6-7H2. The number of esters is 1. The first-order valence-electron chi connectivity index (χ1n) is 3.99. The third kappa shape index (κ3) is 2.51. The summed E-state index contributed by atoms with van der Waals surface area (Å²) in [6.07, 6.45) is 7.41. The molecule has 12 heavy (non-hydrogen) atoms. The number of hydrogen-bond acceptors (Lipinski definition) is 3. The summed E-state index contributed by atoms with van der Waals surface area (Å²) in [5.74, 6) is -0.347. The molecule has 0 radical (unpaired) electrons. The van der Waals surface area contributed by atoms with Crippen molar-refractivity contribution in [2.24, 2.45) is 0 Å². The molecule has 0 amide bonds. The maximum atomic E-state index is 11.1. The van der Waals surface area contributed by atoms with Gasteiger partial charge in [0, 0.05) is 0 Å². The Bertz CT molecular complexity index is 216. The van der Waals surface area contributed by atoms with Gasteiger partial charge in [0.25, 0.3) is 0 Å². The zero-order valence-electron chi connectivity index (χ0n) is 6.82. The Morgan fingerprint density at radius 3 is 3.00 bits per heavy atom. The topological polar surface area (TPSA) is 46.5 Å². The molecular weight excluding hydrogens is 156 g/mol. The fraction of sp³-hybridized carbons (Fsp3) is 0.444. The van der Waals surface area contributed by atoms with Crippen molar-refractivity contribution in [1.82, 2.24) is 0 Å². The van der Waals surface area contributed by atoms with Crippen LogP contribution in [0, 0.1) is 0 Å². The summed E-state index contributed by atoms with van der Waals surface area (Å²) in [4.78, 5) is 11.1. The van der Waals surface area contributed by atoms with Gasteiger partial charge in [-0.1, -0.05) is 18.2 Å². The third-order valence-corrected chi connectivity index (χ3v) is 1.56. The lowest BCUT2D eigenvalue weighted by atomic mass is 10.1. The predicted molar refractivity (Wildman–Crippen MR) is 44.5 cm³/mol. The quantitative estimate of drug-likeness (QED) is 0.634. The zero-order valence-corrected chi connectivity index (χ0v) is 6.82. The highest BCUT2D eigenvalue weighted by Crippen LogP contribution is 2.10. The SMILES string of the molecule is O=C(OCCO)C1=CCCC=C1. The molecule has 1 N–H and O–H groups in total. The van der Waals surface area contributed by atoms with Crippen LogP contribution in [0.25, 0.3) is 0 Å². The summed E-state index contributed by atoms with van der Waals surface area (Å²) in [5, 5.41) is 8.40. The third-order valence-electron chi connectivity index (χ3n) is 1.56. The summed E-state index contributed by atoms with van der Waals surface area (Å²) < 4.78 is 4.72. The Hall–Kier alpha value is -1.09. The van der Waals surface area contributed by atoms with Crippen LogP contribution in [0.5, 0.6) is 0 Å². The minimum atomic E-state index is -0.347. The lowest BCUT2D eigenvalue weighted by Crippen LogP contribution is -2.10. The number of hydrogen-bond donors (Lipinski definition) is 1. The van der Waals surface area contributed by atoms with E-state index < -0.39 is 0 Å². The number of allylic oxidation sites excluding steroid dienone is 2. The van der Waals surface area contributed by atoms with Gasteiger partial charge >= 0.3 is 5.97 Å². The van der Waals surface area contributed by atoms with Crippen LogP contribution in [-0.4, -0.2) is 24.3 Å². The summed E-state index contributed by atoms with van der Waals surface area (Å²) in [7, 11) is 0. The highest BCUT2D eigenvalue weighted by Gasteiger charge is 2.08. The van der Waals surface area contributed by atoms with Gasteiger partial charge in [-0.05, 0) is 12.8 Å². The van der Waals surface area contributed by atoms with Crippen molar-refractivity contribution in [1.29, 1.82) is 0 Å². The normalized spacial score (nSPS) is 15.6. The van der Waals surface area contributed by atoms with Crippen molar-refractivity contribution in [2.75, 3.05) is 13.2 Å². The molecule has 1 rings (SSSR count). The van der Waals surface area contributed by atoms with Crippen LogP contribution in [0.15, 0.2) is 23.8 Å². The molecule has 0 bridgehead atoms. The summed E-state index contributed by atoms with van der Waals surface area (Å²) in [6, 6.07) is 0. The van der Waals surface area contributed by atoms with E-state index in [1.807, 2.05) is 12.2 Å². The van der Waals surface area contributed by atoms with E-state index in [9.17, 15) is 4.79 Å². The van der Waals surface area contributed by atoms with Crippen molar-refractivity contribution >= 4 is 5.97 Å². The van der Waals surface area contributed by atoms with Gasteiger partial charge in [-0.15, -0.1) is 0 Å². The molecule has 0 saturated carbocycles. The average Bonchev–Trinajstić information content (AvgIpc) is 2.15. The van der Waals surface area contributed by atoms with Gasteiger partial charge in [-0.3, -0.25) is 0 Å². The van der Waals surface area contributed by atoms with Crippen LogP contribution in [0.1, 0.15) is 12.8 Å². The molecule has 0 aromatic carbocycles. The van der Waals surface area contributed by atoms with Crippen molar-refractivity contribution in [3.8, 4) is 0 Å². The number of carbonyl (C=O) groups is 1. The molecule has 0 unspecified atom stereocenters. The summed E-state index contributed by atoms with van der Waals surface area (Å²) in [6.45, 7) is -0.0489. The van der Waals surface area contributed by atoms with Crippen LogP contribution in [0.2, 0.25) is 0 Å². The first-order chi connectivity index (χ1) is 5.84. The molecule has 3 nitrogen and oxygen atoms in total. The van der Waals surface area contributed by atoms with E-state index in [0.29, 0.717) is 5.57 Å². The van der Waals surface area contributed by atoms with Gasteiger partial charge in [0.1, 0.15) is 6.61 Å². The van der Waals surface area contributed by atoms with E-state index in [1.54, 1.807) is 6.08 Å². The molecule has 1 aliphatic carbocycles. The van der Waals surface area contributed by atoms with E-state index in [0.717, 1.165) is 12.8 Å². The second-order valence-corrected chi connectivity index (χ2v) is 2.50. The van der Waals surface area contributed by atoms with Gasteiger partial charge in [-0.2, -0.15) is 0 Å². The lowest BCUT2D eigenvalue weighted by Gasteiger charge is -2.05. The Kier molecular flexibility index (Phi) is 3.54. The van der Waals surface area contributed by atoms with E-state index in [1.165, 1.54) is 0 Å². The van der Waals surface area contributed by atoms with Crippen LogP contribution >= 0.6 is 0 Å². The molecule has 0 atom stereocenters. The molecule has 0 heterocycles. The fourth-order valence-corrected chi connectivity index (χ4v) is 0.986. The van der Waals surface area contributed by atoms with Crippen LogP contribution < -0.4 is 0 Å². The minimum absolute atomic E-state index is 0.0734. The van der Waals surface area contributed by atoms with Gasteiger partial charge in [-0.25, -0.2) is 4.79 Å². The monoisotopic (exact) mass is 168 g/mol. The van der Waals surface area contributed by atoms with Crippen LogP contribution in [0.4, 0.5) is 0 Å². The van der Waals surface area contributed by atoms with Crippen LogP contribution in [0.3, 0.4) is 0 Å². The van der Waals surface area contributed by atoms with Gasteiger partial charge in [0.15, 0.2) is 0 Å². The fourth-order valence-electron chi connectivity index (χ4n) is 0.986. The first-order valence-corrected chi connectivity index (χ1v) is 3.99.